The first-order valence-electron chi connectivity index (χ1n) is 10.7. The second-order valence-corrected chi connectivity index (χ2v) is 7.23. The molecule has 0 saturated carbocycles. The Labute approximate surface area is 165 Å². The summed E-state index contributed by atoms with van der Waals surface area (Å²) in [6.07, 6.45) is 17.6. The minimum absolute atomic E-state index is 0.111. The molecule has 0 spiro atoms. The lowest BCUT2D eigenvalue weighted by molar-refractivity contribution is -0.142. The maximum Gasteiger partial charge on any atom is 0.326 e. The summed E-state index contributed by atoms with van der Waals surface area (Å²) in [5, 5.41) is 18.3. The first kappa shape index (κ1) is 25.4. The summed E-state index contributed by atoms with van der Waals surface area (Å²) in [5.74, 6) is -1.29. The van der Waals surface area contributed by atoms with Gasteiger partial charge in [0.25, 0.3) is 0 Å². The topological polar surface area (TPSA) is 99.5 Å². The number of carbonyl (C=O) groups is 2. The van der Waals surface area contributed by atoms with Crippen LogP contribution in [0.1, 0.15) is 103 Å². The fourth-order valence-electron chi connectivity index (χ4n) is 3.07. The molecule has 0 aliphatic heterocycles. The van der Waals surface area contributed by atoms with E-state index in [9.17, 15) is 9.59 Å². The molecule has 158 valence electrons. The Hall–Kier alpha value is -1.59. The summed E-state index contributed by atoms with van der Waals surface area (Å²) in [4.78, 5) is 22.9. The molecule has 0 heterocycles. The van der Waals surface area contributed by atoms with Crippen LogP contribution >= 0.6 is 0 Å². The number of hydrogen-bond acceptors (Lipinski definition) is 4. The van der Waals surface area contributed by atoms with Crippen molar-refractivity contribution in [1.82, 2.24) is 5.32 Å². The quantitative estimate of drug-likeness (QED) is 0.155. The summed E-state index contributed by atoms with van der Waals surface area (Å²) in [7, 11) is 0. The van der Waals surface area contributed by atoms with E-state index < -0.39 is 12.0 Å². The van der Waals surface area contributed by atoms with Gasteiger partial charge in [-0.15, -0.1) is 0 Å². The van der Waals surface area contributed by atoms with Crippen molar-refractivity contribution in [3.63, 3.8) is 0 Å². The summed E-state index contributed by atoms with van der Waals surface area (Å²) in [6, 6.07) is -0.945. The highest BCUT2D eigenvalue weighted by molar-refractivity contribution is 5.83. The fraction of sp³-hybridized carbons (Fsp3) is 0.857. The molecule has 6 heteroatoms. The molecule has 0 aromatic heterocycles. The molecule has 0 fully saturated rings. The zero-order valence-corrected chi connectivity index (χ0v) is 17.1. The number of rotatable bonds is 20. The van der Waals surface area contributed by atoms with Crippen molar-refractivity contribution in [2.45, 2.75) is 109 Å². The average molecular weight is 385 g/mol. The van der Waals surface area contributed by atoms with Gasteiger partial charge in [0.05, 0.1) is 6.61 Å². The second kappa shape index (κ2) is 19.2. The molecule has 1 atom stereocenters. The number of carboxylic acid groups (broad SMARTS) is 1. The van der Waals surface area contributed by atoms with Crippen LogP contribution in [0.25, 0.3) is 0 Å². The van der Waals surface area contributed by atoms with Crippen molar-refractivity contribution in [1.29, 1.82) is 5.41 Å². The van der Waals surface area contributed by atoms with Crippen LogP contribution < -0.4 is 5.32 Å². The third kappa shape index (κ3) is 17.6. The maximum atomic E-state index is 11.8. The summed E-state index contributed by atoms with van der Waals surface area (Å²) in [5.41, 5.74) is 0. The Morgan fingerprint density at radius 2 is 1.41 bits per heavy atom. The molecule has 0 bridgehead atoms. The normalized spacial score (nSPS) is 11.7. The standard InChI is InChI=1S/C21H40N2O4/c1-2-3-4-5-6-7-8-9-10-11-12-13-14-15-20(24)23-19(21(25)26)16-17-27-18-22/h18-19,22H,2-17H2,1H3,(H,23,24)(H,25,26). The fourth-order valence-corrected chi connectivity index (χ4v) is 3.07. The van der Waals surface area contributed by atoms with Crippen LogP contribution in [0.3, 0.4) is 0 Å². The van der Waals surface area contributed by atoms with Gasteiger partial charge in [-0.3, -0.25) is 10.2 Å². The van der Waals surface area contributed by atoms with E-state index in [1.165, 1.54) is 64.2 Å². The highest BCUT2D eigenvalue weighted by Crippen LogP contribution is 2.13. The van der Waals surface area contributed by atoms with E-state index in [-0.39, 0.29) is 18.9 Å². The Bertz CT molecular complexity index is 388. The highest BCUT2D eigenvalue weighted by Gasteiger charge is 2.19. The summed E-state index contributed by atoms with van der Waals surface area (Å²) < 4.78 is 4.71. The van der Waals surface area contributed by atoms with E-state index in [0.717, 1.165) is 25.7 Å². The first-order valence-corrected chi connectivity index (χ1v) is 10.7. The minimum atomic E-state index is -1.07. The van der Waals surface area contributed by atoms with Crippen LogP contribution in [-0.4, -0.2) is 36.0 Å². The van der Waals surface area contributed by atoms with Crippen LogP contribution in [-0.2, 0) is 14.3 Å². The lowest BCUT2D eigenvalue weighted by Gasteiger charge is -2.14. The van der Waals surface area contributed by atoms with Crippen LogP contribution in [0.5, 0.6) is 0 Å². The van der Waals surface area contributed by atoms with Crippen molar-refractivity contribution in [3.8, 4) is 0 Å². The van der Waals surface area contributed by atoms with E-state index in [2.05, 4.69) is 12.2 Å². The van der Waals surface area contributed by atoms with E-state index in [1.54, 1.807) is 0 Å². The van der Waals surface area contributed by atoms with Crippen LogP contribution in [0.15, 0.2) is 0 Å². The van der Waals surface area contributed by atoms with Gasteiger partial charge >= 0.3 is 5.97 Å². The van der Waals surface area contributed by atoms with Gasteiger partial charge in [-0.2, -0.15) is 0 Å². The third-order valence-corrected chi connectivity index (χ3v) is 4.75. The lowest BCUT2D eigenvalue weighted by Crippen LogP contribution is -2.41. The number of hydrogen-bond donors (Lipinski definition) is 3. The van der Waals surface area contributed by atoms with Gasteiger partial charge in [-0.05, 0) is 6.42 Å². The second-order valence-electron chi connectivity index (χ2n) is 7.23. The Balaban J connectivity index is 3.48. The monoisotopic (exact) mass is 384 g/mol. The number of aliphatic carboxylic acids is 1. The molecule has 0 radical (unpaired) electrons. The molecule has 0 aliphatic carbocycles. The zero-order chi connectivity index (χ0) is 20.2. The van der Waals surface area contributed by atoms with Crippen LogP contribution in [0.4, 0.5) is 0 Å². The predicted molar refractivity (Wildman–Crippen MR) is 109 cm³/mol. The van der Waals surface area contributed by atoms with Gasteiger partial charge in [0, 0.05) is 12.8 Å². The molecule has 3 N–H and O–H groups in total. The summed E-state index contributed by atoms with van der Waals surface area (Å²) in [6.45, 7) is 2.36. The maximum absolute atomic E-state index is 11.8. The van der Waals surface area contributed by atoms with Crippen molar-refractivity contribution < 1.29 is 19.4 Å². The van der Waals surface area contributed by atoms with Crippen molar-refractivity contribution in [3.05, 3.63) is 0 Å². The van der Waals surface area contributed by atoms with Gasteiger partial charge in [0.2, 0.25) is 5.91 Å². The number of carbonyl (C=O) groups excluding carboxylic acids is 1. The van der Waals surface area contributed by atoms with E-state index in [0.29, 0.717) is 6.42 Å². The average Bonchev–Trinajstić information content (AvgIpc) is 2.64. The van der Waals surface area contributed by atoms with Crippen molar-refractivity contribution in [2.75, 3.05) is 6.61 Å². The first-order chi connectivity index (χ1) is 13.1. The molecule has 1 unspecified atom stereocenters. The van der Waals surface area contributed by atoms with Gasteiger partial charge in [0.15, 0.2) is 6.40 Å². The zero-order valence-electron chi connectivity index (χ0n) is 17.1. The molecule has 0 aromatic rings. The van der Waals surface area contributed by atoms with E-state index >= 15 is 0 Å². The number of nitrogens with one attached hydrogen (secondary N) is 2. The Morgan fingerprint density at radius 3 is 1.85 bits per heavy atom. The Kier molecular flexibility index (Phi) is 18.0. The molecular formula is C21H40N2O4. The van der Waals surface area contributed by atoms with Gasteiger partial charge in [0.1, 0.15) is 6.04 Å². The molecule has 0 saturated heterocycles. The van der Waals surface area contributed by atoms with E-state index in [1.807, 2.05) is 0 Å². The van der Waals surface area contributed by atoms with Crippen LogP contribution in [0, 0.1) is 5.41 Å². The molecule has 1 amide bonds. The molecule has 0 aliphatic rings. The van der Waals surface area contributed by atoms with Gasteiger partial charge in [-0.25, -0.2) is 4.79 Å². The SMILES string of the molecule is CCCCCCCCCCCCCCCC(=O)NC(CCOC=N)C(=O)O. The van der Waals surface area contributed by atoms with Crippen molar-refractivity contribution in [2.24, 2.45) is 0 Å². The number of unbranched alkanes of at least 4 members (excludes halogenated alkanes) is 12. The number of amides is 1. The Morgan fingerprint density at radius 1 is 0.926 bits per heavy atom. The molecule has 0 rings (SSSR count). The molecule has 0 aromatic carbocycles. The molecule has 27 heavy (non-hydrogen) atoms. The molecule has 6 nitrogen and oxygen atoms in total. The largest absolute Gasteiger partial charge is 0.484 e. The molecular weight excluding hydrogens is 344 g/mol. The summed E-state index contributed by atoms with van der Waals surface area (Å²) >= 11 is 0. The van der Waals surface area contributed by atoms with Crippen LogP contribution in [0.2, 0.25) is 0 Å². The van der Waals surface area contributed by atoms with Gasteiger partial charge in [-0.1, -0.05) is 84.0 Å². The lowest BCUT2D eigenvalue weighted by atomic mass is 10.0. The minimum Gasteiger partial charge on any atom is -0.484 e. The predicted octanol–water partition coefficient (Wildman–Crippen LogP) is 5.05. The smallest absolute Gasteiger partial charge is 0.326 e. The van der Waals surface area contributed by atoms with Crippen molar-refractivity contribution >= 4 is 18.3 Å². The highest BCUT2D eigenvalue weighted by atomic mass is 16.5. The number of ether oxygens (including phenoxy) is 1. The number of carboxylic acids is 1. The van der Waals surface area contributed by atoms with E-state index in [4.69, 9.17) is 15.3 Å². The third-order valence-electron chi connectivity index (χ3n) is 4.75. The van der Waals surface area contributed by atoms with Gasteiger partial charge < -0.3 is 15.2 Å².